The predicted octanol–water partition coefficient (Wildman–Crippen LogP) is 3.16. The Hall–Kier alpha value is -1.66. The fourth-order valence-corrected chi connectivity index (χ4v) is 2.24. The second-order valence-electron chi connectivity index (χ2n) is 3.29. The zero-order chi connectivity index (χ0) is 11.7. The van der Waals surface area contributed by atoms with Crippen LogP contribution in [0.3, 0.4) is 0 Å². The molecule has 0 amide bonds. The van der Waals surface area contributed by atoms with Gasteiger partial charge in [0, 0.05) is 5.69 Å². The lowest BCUT2D eigenvalue weighted by Crippen LogP contribution is -1.89. The second kappa shape index (κ2) is 4.31. The van der Waals surface area contributed by atoms with Gasteiger partial charge in [-0.25, -0.2) is 4.98 Å². The van der Waals surface area contributed by atoms with Crippen LogP contribution in [0.1, 0.15) is 5.89 Å². The Morgan fingerprint density at radius 3 is 3.12 bits per heavy atom. The number of thiazole rings is 1. The molecule has 1 aromatic carbocycles. The van der Waals surface area contributed by atoms with Crippen LogP contribution in [0.2, 0.25) is 0 Å². The predicted molar refractivity (Wildman–Crippen MR) is 66.8 cm³/mol. The molecular formula is C10H7ClN4OS. The minimum atomic E-state index is 0.211. The SMILES string of the molecule is ClCc1nnc(Nc2ccc3ncsc3c2)o1. The van der Waals surface area contributed by atoms with Crippen molar-refractivity contribution in [3.8, 4) is 0 Å². The van der Waals surface area contributed by atoms with Crippen molar-refractivity contribution in [2.75, 3.05) is 5.32 Å². The number of nitrogens with zero attached hydrogens (tertiary/aromatic N) is 3. The lowest BCUT2D eigenvalue weighted by molar-refractivity contribution is 0.530. The van der Waals surface area contributed by atoms with Crippen LogP contribution in [-0.4, -0.2) is 15.2 Å². The summed E-state index contributed by atoms with van der Waals surface area (Å²) in [6.45, 7) is 0. The van der Waals surface area contributed by atoms with Crippen molar-refractivity contribution in [3.05, 3.63) is 29.6 Å². The summed E-state index contributed by atoms with van der Waals surface area (Å²) in [7, 11) is 0. The van der Waals surface area contributed by atoms with E-state index in [0.29, 0.717) is 11.9 Å². The number of fused-ring (bicyclic) bond motifs is 1. The van der Waals surface area contributed by atoms with Gasteiger partial charge in [0.05, 0.1) is 15.7 Å². The first-order valence-electron chi connectivity index (χ1n) is 4.84. The van der Waals surface area contributed by atoms with Gasteiger partial charge in [0.15, 0.2) is 0 Å². The van der Waals surface area contributed by atoms with Gasteiger partial charge in [-0.3, -0.25) is 0 Å². The molecule has 0 radical (unpaired) electrons. The van der Waals surface area contributed by atoms with Gasteiger partial charge in [-0.05, 0) is 18.2 Å². The molecule has 0 saturated carbocycles. The van der Waals surface area contributed by atoms with E-state index in [-0.39, 0.29) is 5.88 Å². The van der Waals surface area contributed by atoms with E-state index in [9.17, 15) is 0 Å². The first kappa shape index (κ1) is 10.5. The number of anilines is 2. The molecule has 86 valence electrons. The number of halogens is 1. The molecule has 2 aromatic heterocycles. The van der Waals surface area contributed by atoms with Gasteiger partial charge in [-0.2, -0.15) is 0 Å². The minimum Gasteiger partial charge on any atom is -0.407 e. The van der Waals surface area contributed by atoms with Crippen molar-refractivity contribution in [3.63, 3.8) is 0 Å². The number of rotatable bonds is 3. The highest BCUT2D eigenvalue weighted by atomic mass is 35.5. The molecule has 0 aliphatic heterocycles. The van der Waals surface area contributed by atoms with E-state index in [1.54, 1.807) is 11.3 Å². The van der Waals surface area contributed by atoms with Crippen LogP contribution in [0.5, 0.6) is 0 Å². The van der Waals surface area contributed by atoms with E-state index in [1.807, 2.05) is 23.7 Å². The molecular weight excluding hydrogens is 260 g/mol. The topological polar surface area (TPSA) is 63.8 Å². The average Bonchev–Trinajstić information content (AvgIpc) is 2.96. The summed E-state index contributed by atoms with van der Waals surface area (Å²) in [5.41, 5.74) is 3.67. The van der Waals surface area contributed by atoms with Gasteiger partial charge >= 0.3 is 6.01 Å². The third kappa shape index (κ3) is 2.09. The first-order valence-corrected chi connectivity index (χ1v) is 6.25. The smallest absolute Gasteiger partial charge is 0.320 e. The Morgan fingerprint density at radius 2 is 2.29 bits per heavy atom. The molecule has 0 fully saturated rings. The highest BCUT2D eigenvalue weighted by Crippen LogP contribution is 2.23. The Balaban J connectivity index is 1.88. The van der Waals surface area contributed by atoms with E-state index in [1.165, 1.54) is 0 Å². The fourth-order valence-electron chi connectivity index (χ4n) is 1.41. The third-order valence-corrected chi connectivity index (χ3v) is 3.18. The maximum Gasteiger partial charge on any atom is 0.320 e. The third-order valence-electron chi connectivity index (χ3n) is 2.16. The quantitative estimate of drug-likeness (QED) is 0.738. The molecule has 0 aliphatic carbocycles. The molecule has 3 aromatic rings. The molecule has 7 heteroatoms. The molecule has 2 heterocycles. The Morgan fingerprint density at radius 1 is 1.35 bits per heavy atom. The maximum absolute atomic E-state index is 5.58. The molecule has 3 rings (SSSR count). The van der Waals surface area contributed by atoms with Crippen LogP contribution in [0.25, 0.3) is 10.2 Å². The monoisotopic (exact) mass is 266 g/mol. The number of hydrogen-bond acceptors (Lipinski definition) is 6. The normalized spacial score (nSPS) is 10.9. The van der Waals surface area contributed by atoms with Crippen LogP contribution >= 0.6 is 22.9 Å². The summed E-state index contributed by atoms with van der Waals surface area (Å²) >= 11 is 7.16. The highest BCUT2D eigenvalue weighted by Gasteiger charge is 2.05. The molecule has 0 unspecified atom stereocenters. The van der Waals surface area contributed by atoms with Gasteiger partial charge in [-0.15, -0.1) is 28.0 Å². The number of hydrogen-bond donors (Lipinski definition) is 1. The van der Waals surface area contributed by atoms with Crippen molar-refractivity contribution >= 4 is 44.9 Å². The van der Waals surface area contributed by atoms with Crippen LogP contribution in [-0.2, 0) is 5.88 Å². The Bertz CT molecular complexity index is 650. The number of benzene rings is 1. The summed E-state index contributed by atoms with van der Waals surface area (Å²) in [5.74, 6) is 0.607. The van der Waals surface area contributed by atoms with E-state index in [4.69, 9.17) is 16.0 Å². The lowest BCUT2D eigenvalue weighted by atomic mass is 10.3. The zero-order valence-corrected chi connectivity index (χ0v) is 10.1. The average molecular weight is 267 g/mol. The van der Waals surface area contributed by atoms with Crippen molar-refractivity contribution < 1.29 is 4.42 Å². The van der Waals surface area contributed by atoms with Gasteiger partial charge in [0.25, 0.3) is 0 Å². The maximum atomic E-state index is 5.58. The number of alkyl halides is 1. The van der Waals surface area contributed by atoms with Crippen LogP contribution < -0.4 is 5.32 Å². The van der Waals surface area contributed by atoms with E-state index >= 15 is 0 Å². The Labute approximate surface area is 105 Å². The van der Waals surface area contributed by atoms with Gasteiger partial charge < -0.3 is 9.73 Å². The van der Waals surface area contributed by atoms with Crippen molar-refractivity contribution in [2.45, 2.75) is 5.88 Å². The lowest BCUT2D eigenvalue weighted by Gasteiger charge is -1.99. The van der Waals surface area contributed by atoms with Crippen molar-refractivity contribution in [2.24, 2.45) is 0 Å². The standard InChI is InChI=1S/C10H7ClN4OS/c11-4-9-14-15-10(16-9)13-6-1-2-7-8(3-6)17-5-12-7/h1-3,5H,4H2,(H,13,15). The van der Waals surface area contributed by atoms with Gasteiger partial charge in [0.2, 0.25) is 5.89 Å². The number of aromatic nitrogens is 3. The summed E-state index contributed by atoms with van der Waals surface area (Å²) in [6, 6.07) is 6.17. The fraction of sp³-hybridized carbons (Fsp3) is 0.100. The molecule has 17 heavy (non-hydrogen) atoms. The molecule has 1 N–H and O–H groups in total. The van der Waals surface area contributed by atoms with Crippen LogP contribution in [0, 0.1) is 0 Å². The summed E-state index contributed by atoms with van der Waals surface area (Å²) in [6.07, 6.45) is 0. The second-order valence-corrected chi connectivity index (χ2v) is 4.45. The summed E-state index contributed by atoms with van der Waals surface area (Å²) < 4.78 is 6.36. The van der Waals surface area contributed by atoms with E-state index < -0.39 is 0 Å². The van der Waals surface area contributed by atoms with E-state index in [0.717, 1.165) is 15.9 Å². The Kier molecular flexibility index (Phi) is 2.66. The summed E-state index contributed by atoms with van der Waals surface area (Å²) in [4.78, 5) is 4.21. The minimum absolute atomic E-state index is 0.211. The largest absolute Gasteiger partial charge is 0.407 e. The molecule has 5 nitrogen and oxygen atoms in total. The van der Waals surface area contributed by atoms with Crippen molar-refractivity contribution in [1.29, 1.82) is 0 Å². The number of nitrogens with one attached hydrogen (secondary N) is 1. The van der Waals surface area contributed by atoms with Crippen LogP contribution in [0.15, 0.2) is 28.1 Å². The summed E-state index contributed by atoms with van der Waals surface area (Å²) in [5, 5.41) is 10.6. The molecule has 0 atom stereocenters. The van der Waals surface area contributed by atoms with Crippen LogP contribution in [0.4, 0.5) is 11.7 Å². The molecule has 0 bridgehead atoms. The van der Waals surface area contributed by atoms with Crippen molar-refractivity contribution in [1.82, 2.24) is 15.2 Å². The zero-order valence-electron chi connectivity index (χ0n) is 8.55. The first-order chi connectivity index (χ1) is 8.35. The van der Waals surface area contributed by atoms with Gasteiger partial charge in [0.1, 0.15) is 5.88 Å². The molecule has 0 spiro atoms. The highest BCUT2D eigenvalue weighted by molar-refractivity contribution is 7.16. The van der Waals surface area contributed by atoms with E-state index in [2.05, 4.69) is 20.5 Å². The molecule has 0 aliphatic rings. The van der Waals surface area contributed by atoms with Gasteiger partial charge in [-0.1, -0.05) is 5.10 Å². The molecule has 0 saturated heterocycles.